The van der Waals surface area contributed by atoms with Gasteiger partial charge in [0.25, 0.3) is 5.91 Å². The first-order chi connectivity index (χ1) is 12.5. The normalized spacial score (nSPS) is 10.7. The fourth-order valence-corrected chi connectivity index (χ4v) is 2.11. The summed E-state index contributed by atoms with van der Waals surface area (Å²) < 4.78 is 5.49. The molecule has 0 saturated carbocycles. The summed E-state index contributed by atoms with van der Waals surface area (Å²) in [5.41, 5.74) is 1.52. The molecular formula is C20H17N3O3. The van der Waals surface area contributed by atoms with E-state index in [-0.39, 0.29) is 6.54 Å². The fourth-order valence-electron chi connectivity index (χ4n) is 2.11. The number of hydrogen-bond donors (Lipinski definition) is 2. The van der Waals surface area contributed by atoms with E-state index in [0.29, 0.717) is 22.6 Å². The third-order valence-corrected chi connectivity index (χ3v) is 3.42. The number of nitrogens with one attached hydrogen (secondary N) is 2. The van der Waals surface area contributed by atoms with Crippen LogP contribution in [-0.2, 0) is 9.59 Å². The van der Waals surface area contributed by atoms with Crippen LogP contribution < -0.4 is 15.4 Å². The van der Waals surface area contributed by atoms with Crippen molar-refractivity contribution in [1.29, 1.82) is 5.26 Å². The number of carbonyl (C=O) groups is 2. The molecule has 6 nitrogen and oxygen atoms in total. The maximum absolute atomic E-state index is 12.1. The zero-order valence-corrected chi connectivity index (χ0v) is 14.2. The number of anilines is 1. The highest BCUT2D eigenvalue weighted by molar-refractivity contribution is 5.95. The van der Waals surface area contributed by atoms with Gasteiger partial charge in [-0.1, -0.05) is 24.1 Å². The quantitative estimate of drug-likeness (QED) is 0.783. The Morgan fingerprint density at radius 2 is 2.00 bits per heavy atom. The molecule has 0 aliphatic rings. The van der Waals surface area contributed by atoms with Crippen LogP contribution in [-0.4, -0.2) is 24.5 Å². The topological polar surface area (TPSA) is 91.2 Å². The van der Waals surface area contributed by atoms with Crippen molar-refractivity contribution < 1.29 is 14.3 Å². The maximum Gasteiger partial charge on any atom is 0.261 e. The van der Waals surface area contributed by atoms with Gasteiger partial charge in [0.1, 0.15) is 11.8 Å². The lowest BCUT2D eigenvalue weighted by atomic mass is 10.2. The van der Waals surface area contributed by atoms with Crippen LogP contribution in [0.4, 0.5) is 5.69 Å². The molecule has 0 fully saturated rings. The van der Waals surface area contributed by atoms with Crippen molar-refractivity contribution in [3.8, 4) is 24.2 Å². The van der Waals surface area contributed by atoms with Crippen LogP contribution in [0.15, 0.2) is 48.5 Å². The van der Waals surface area contributed by atoms with Crippen molar-refractivity contribution in [2.45, 2.75) is 13.0 Å². The summed E-state index contributed by atoms with van der Waals surface area (Å²) in [7, 11) is 0. The Hall–Kier alpha value is -3.77. The Labute approximate surface area is 151 Å². The SMILES string of the molecule is C#Cc1cccc(NC(=O)CNC(=O)[C@@H](C)Oc2ccccc2C#N)c1. The second kappa shape index (κ2) is 8.91. The molecule has 0 aliphatic heterocycles. The van der Waals surface area contributed by atoms with Crippen LogP contribution in [0, 0.1) is 23.7 Å². The van der Waals surface area contributed by atoms with Crippen LogP contribution in [0.3, 0.4) is 0 Å². The largest absolute Gasteiger partial charge is 0.480 e. The summed E-state index contributed by atoms with van der Waals surface area (Å²) >= 11 is 0. The van der Waals surface area contributed by atoms with Gasteiger partial charge in [-0.3, -0.25) is 9.59 Å². The summed E-state index contributed by atoms with van der Waals surface area (Å²) in [6.07, 6.45) is 4.45. The van der Waals surface area contributed by atoms with Crippen molar-refractivity contribution in [1.82, 2.24) is 5.32 Å². The summed E-state index contributed by atoms with van der Waals surface area (Å²) in [4.78, 5) is 24.0. The summed E-state index contributed by atoms with van der Waals surface area (Å²) in [6.45, 7) is 1.32. The standard InChI is InChI=1S/C20H17N3O3/c1-3-15-7-6-9-17(11-15)23-19(24)13-22-20(25)14(2)26-18-10-5-4-8-16(18)12-21/h1,4-11,14H,13H2,2H3,(H,22,25)(H,23,24)/t14-/m1/s1. The molecule has 0 spiro atoms. The van der Waals surface area contributed by atoms with Crippen molar-refractivity contribution in [2.24, 2.45) is 0 Å². The minimum Gasteiger partial charge on any atom is -0.480 e. The van der Waals surface area contributed by atoms with Crippen molar-refractivity contribution >= 4 is 17.5 Å². The molecule has 1 atom stereocenters. The lowest BCUT2D eigenvalue weighted by Crippen LogP contribution is -2.40. The first-order valence-electron chi connectivity index (χ1n) is 7.83. The number of benzene rings is 2. The molecule has 26 heavy (non-hydrogen) atoms. The van der Waals surface area contributed by atoms with Gasteiger partial charge in [-0.05, 0) is 37.3 Å². The second-order valence-corrected chi connectivity index (χ2v) is 5.36. The molecule has 0 saturated heterocycles. The first kappa shape index (κ1) is 18.6. The Kier molecular flexibility index (Phi) is 6.36. The van der Waals surface area contributed by atoms with Gasteiger partial charge in [0.2, 0.25) is 5.91 Å². The molecule has 0 aromatic heterocycles. The molecule has 0 radical (unpaired) electrons. The van der Waals surface area contributed by atoms with Gasteiger partial charge in [0, 0.05) is 11.3 Å². The number of terminal acetylenes is 1. The molecule has 2 aromatic rings. The Morgan fingerprint density at radius 3 is 2.73 bits per heavy atom. The smallest absolute Gasteiger partial charge is 0.261 e. The van der Waals surface area contributed by atoms with Crippen LogP contribution in [0.2, 0.25) is 0 Å². The molecule has 0 bridgehead atoms. The van der Waals surface area contributed by atoms with Gasteiger partial charge in [-0.25, -0.2) is 0 Å². The molecule has 2 rings (SSSR count). The maximum atomic E-state index is 12.1. The summed E-state index contributed by atoms with van der Waals surface area (Å²) in [6, 6.07) is 15.4. The molecule has 0 unspecified atom stereocenters. The number of nitrogens with zero attached hydrogens (tertiary/aromatic N) is 1. The highest BCUT2D eigenvalue weighted by Gasteiger charge is 2.17. The number of ether oxygens (including phenoxy) is 1. The van der Waals surface area contributed by atoms with E-state index in [1.807, 2.05) is 6.07 Å². The Bertz CT molecular complexity index is 894. The van der Waals surface area contributed by atoms with Gasteiger partial charge < -0.3 is 15.4 Å². The van der Waals surface area contributed by atoms with E-state index in [2.05, 4.69) is 16.6 Å². The molecule has 2 amide bonds. The van der Waals surface area contributed by atoms with Gasteiger partial charge in [-0.2, -0.15) is 5.26 Å². The van der Waals surface area contributed by atoms with E-state index in [4.69, 9.17) is 16.4 Å². The average Bonchev–Trinajstić information content (AvgIpc) is 2.66. The number of hydrogen-bond acceptors (Lipinski definition) is 4. The van der Waals surface area contributed by atoms with Crippen LogP contribution in [0.5, 0.6) is 5.75 Å². The van der Waals surface area contributed by atoms with Gasteiger partial charge in [0.05, 0.1) is 12.1 Å². The predicted molar refractivity (Wildman–Crippen MR) is 97.3 cm³/mol. The van der Waals surface area contributed by atoms with E-state index in [1.165, 1.54) is 6.92 Å². The van der Waals surface area contributed by atoms with Crippen LogP contribution in [0.1, 0.15) is 18.1 Å². The molecule has 130 valence electrons. The third-order valence-electron chi connectivity index (χ3n) is 3.42. The van der Waals surface area contributed by atoms with Crippen molar-refractivity contribution in [3.05, 3.63) is 59.7 Å². The van der Waals surface area contributed by atoms with Gasteiger partial charge in [0.15, 0.2) is 6.10 Å². The Morgan fingerprint density at radius 1 is 1.23 bits per heavy atom. The predicted octanol–water partition coefficient (Wildman–Crippen LogP) is 2.06. The van der Waals surface area contributed by atoms with Crippen LogP contribution in [0.25, 0.3) is 0 Å². The van der Waals surface area contributed by atoms with Crippen LogP contribution >= 0.6 is 0 Å². The van der Waals surface area contributed by atoms with E-state index < -0.39 is 17.9 Å². The lowest BCUT2D eigenvalue weighted by Gasteiger charge is -2.15. The summed E-state index contributed by atoms with van der Waals surface area (Å²) in [5, 5.41) is 14.2. The van der Waals surface area contributed by atoms with E-state index >= 15 is 0 Å². The molecule has 2 aromatic carbocycles. The lowest BCUT2D eigenvalue weighted by molar-refractivity contribution is -0.129. The van der Waals surface area contributed by atoms with Gasteiger partial charge >= 0.3 is 0 Å². The van der Waals surface area contributed by atoms with E-state index in [0.717, 1.165) is 0 Å². The minimum absolute atomic E-state index is 0.216. The monoisotopic (exact) mass is 347 g/mol. The number of para-hydroxylation sites is 1. The molecular weight excluding hydrogens is 330 g/mol. The Balaban J connectivity index is 1.86. The zero-order chi connectivity index (χ0) is 18.9. The highest BCUT2D eigenvalue weighted by atomic mass is 16.5. The average molecular weight is 347 g/mol. The number of nitriles is 1. The van der Waals surface area contributed by atoms with E-state index in [9.17, 15) is 9.59 Å². The number of amides is 2. The highest BCUT2D eigenvalue weighted by Crippen LogP contribution is 2.18. The van der Waals surface area contributed by atoms with Crippen molar-refractivity contribution in [3.63, 3.8) is 0 Å². The van der Waals surface area contributed by atoms with E-state index in [1.54, 1.807) is 48.5 Å². The zero-order valence-electron chi connectivity index (χ0n) is 14.2. The minimum atomic E-state index is -0.859. The summed E-state index contributed by atoms with van der Waals surface area (Å²) in [5.74, 6) is 1.93. The molecule has 6 heteroatoms. The number of rotatable bonds is 6. The third kappa shape index (κ3) is 5.12. The molecule has 0 aliphatic carbocycles. The van der Waals surface area contributed by atoms with Crippen molar-refractivity contribution in [2.75, 3.05) is 11.9 Å². The van der Waals surface area contributed by atoms with Gasteiger partial charge in [-0.15, -0.1) is 6.42 Å². The fraction of sp³-hybridized carbons (Fsp3) is 0.150. The number of carbonyl (C=O) groups excluding carboxylic acids is 2. The second-order valence-electron chi connectivity index (χ2n) is 5.36. The first-order valence-corrected chi connectivity index (χ1v) is 7.83. The molecule has 0 heterocycles. The molecule has 2 N–H and O–H groups in total.